The summed E-state index contributed by atoms with van der Waals surface area (Å²) < 4.78 is 23.7. The summed E-state index contributed by atoms with van der Waals surface area (Å²) in [5.41, 5.74) is 1.40. The molecule has 1 aromatic carbocycles. The van der Waals surface area contributed by atoms with Crippen molar-refractivity contribution in [3.05, 3.63) is 35.9 Å². The van der Waals surface area contributed by atoms with Gasteiger partial charge in [0.05, 0.1) is 10.5 Å². The van der Waals surface area contributed by atoms with E-state index in [0.717, 1.165) is 38.6 Å². The van der Waals surface area contributed by atoms with Crippen LogP contribution in [0.15, 0.2) is 35.3 Å². The highest BCUT2D eigenvalue weighted by molar-refractivity contribution is 14.0. The van der Waals surface area contributed by atoms with Crippen LogP contribution in [-0.4, -0.2) is 81.0 Å². The SMILES string of the molecule is CN=C(NCC1CCN(CCc2ccccc2)C1)N1CCS(=O)(=O)C(C)(C)C1.I. The third kappa shape index (κ3) is 6.30. The molecule has 0 aromatic heterocycles. The number of nitrogens with zero attached hydrogens (tertiary/aromatic N) is 3. The van der Waals surface area contributed by atoms with Gasteiger partial charge in [-0.15, -0.1) is 24.0 Å². The molecule has 0 radical (unpaired) electrons. The molecule has 6 nitrogen and oxygen atoms in total. The van der Waals surface area contributed by atoms with E-state index >= 15 is 0 Å². The molecule has 2 aliphatic rings. The van der Waals surface area contributed by atoms with E-state index in [-0.39, 0.29) is 29.7 Å². The Morgan fingerprint density at radius 3 is 2.62 bits per heavy atom. The third-order valence-electron chi connectivity index (χ3n) is 6.03. The number of guanidine groups is 1. The fourth-order valence-corrected chi connectivity index (χ4v) is 5.47. The third-order valence-corrected chi connectivity index (χ3v) is 8.57. The van der Waals surface area contributed by atoms with E-state index < -0.39 is 14.6 Å². The smallest absolute Gasteiger partial charge is 0.193 e. The number of rotatable bonds is 5. The van der Waals surface area contributed by atoms with Crippen LogP contribution in [-0.2, 0) is 16.3 Å². The minimum Gasteiger partial charge on any atom is -0.356 e. The molecule has 8 heteroatoms. The Morgan fingerprint density at radius 2 is 1.97 bits per heavy atom. The van der Waals surface area contributed by atoms with Crippen molar-refractivity contribution < 1.29 is 8.42 Å². The zero-order valence-corrected chi connectivity index (χ0v) is 20.9. The minimum atomic E-state index is -3.03. The van der Waals surface area contributed by atoms with Gasteiger partial charge in [0.2, 0.25) is 0 Å². The second-order valence-corrected chi connectivity index (χ2v) is 11.4. The second-order valence-electron chi connectivity index (χ2n) is 8.62. The number of hydrogen-bond donors (Lipinski definition) is 1. The van der Waals surface area contributed by atoms with Crippen molar-refractivity contribution in [2.45, 2.75) is 31.4 Å². The average Bonchev–Trinajstić information content (AvgIpc) is 3.12. The number of hydrogen-bond acceptors (Lipinski definition) is 4. The van der Waals surface area contributed by atoms with Crippen molar-refractivity contribution >= 4 is 39.8 Å². The molecule has 0 saturated carbocycles. The number of sulfone groups is 1. The summed E-state index contributed by atoms with van der Waals surface area (Å²) in [5, 5.41) is 3.49. The number of likely N-dealkylation sites (tertiary alicyclic amines) is 1. The Labute approximate surface area is 193 Å². The summed E-state index contributed by atoms with van der Waals surface area (Å²) in [6, 6.07) is 10.7. The maximum Gasteiger partial charge on any atom is 0.193 e. The summed E-state index contributed by atoms with van der Waals surface area (Å²) >= 11 is 0. The van der Waals surface area contributed by atoms with Crippen LogP contribution < -0.4 is 5.32 Å². The first-order chi connectivity index (χ1) is 13.3. The molecular formula is C21H35IN4O2S. The van der Waals surface area contributed by atoms with Crippen molar-refractivity contribution in [2.75, 3.05) is 52.1 Å². The van der Waals surface area contributed by atoms with Gasteiger partial charge in [-0.3, -0.25) is 4.99 Å². The van der Waals surface area contributed by atoms with Crippen LogP contribution in [0.4, 0.5) is 0 Å². The van der Waals surface area contributed by atoms with Gasteiger partial charge in [-0.2, -0.15) is 0 Å². The minimum absolute atomic E-state index is 0. The molecule has 164 valence electrons. The Bertz CT molecular complexity index is 783. The first-order valence-electron chi connectivity index (χ1n) is 10.2. The van der Waals surface area contributed by atoms with Gasteiger partial charge in [0.25, 0.3) is 0 Å². The molecule has 0 aliphatic carbocycles. The molecule has 0 bridgehead atoms. The first kappa shape index (κ1) is 24.4. The maximum atomic E-state index is 12.2. The van der Waals surface area contributed by atoms with Crippen molar-refractivity contribution in [3.8, 4) is 0 Å². The van der Waals surface area contributed by atoms with Gasteiger partial charge in [-0.05, 0) is 44.7 Å². The van der Waals surface area contributed by atoms with E-state index in [0.29, 0.717) is 19.0 Å². The van der Waals surface area contributed by atoms with Crippen LogP contribution in [0.2, 0.25) is 0 Å². The van der Waals surface area contributed by atoms with Crippen LogP contribution in [0.25, 0.3) is 0 Å². The Kier molecular flexibility index (Phi) is 8.78. The molecular weight excluding hydrogens is 499 g/mol. The largest absolute Gasteiger partial charge is 0.356 e. The molecule has 3 rings (SSSR count). The van der Waals surface area contributed by atoms with Crippen LogP contribution in [0.1, 0.15) is 25.8 Å². The normalized spacial score (nSPS) is 24.2. The lowest BCUT2D eigenvalue weighted by molar-refractivity contribution is 0.324. The van der Waals surface area contributed by atoms with Gasteiger partial charge >= 0.3 is 0 Å². The summed E-state index contributed by atoms with van der Waals surface area (Å²) in [4.78, 5) is 9.03. The van der Waals surface area contributed by atoms with E-state index in [2.05, 4.69) is 50.4 Å². The van der Waals surface area contributed by atoms with E-state index in [1.165, 1.54) is 12.0 Å². The highest BCUT2D eigenvalue weighted by Gasteiger charge is 2.41. The zero-order chi connectivity index (χ0) is 20.2. The van der Waals surface area contributed by atoms with E-state index in [1.807, 2.05) is 13.8 Å². The lowest BCUT2D eigenvalue weighted by Gasteiger charge is -2.39. The van der Waals surface area contributed by atoms with Crippen LogP contribution in [0, 0.1) is 5.92 Å². The van der Waals surface area contributed by atoms with Crippen LogP contribution in [0.3, 0.4) is 0 Å². The predicted molar refractivity (Wildman–Crippen MR) is 131 cm³/mol. The Hall–Kier alpha value is -0.870. The molecule has 1 unspecified atom stereocenters. The van der Waals surface area contributed by atoms with Gasteiger partial charge in [0, 0.05) is 39.8 Å². The lowest BCUT2D eigenvalue weighted by Crippen LogP contribution is -2.57. The van der Waals surface area contributed by atoms with Crippen molar-refractivity contribution in [1.29, 1.82) is 0 Å². The number of benzene rings is 1. The Morgan fingerprint density at radius 1 is 1.24 bits per heavy atom. The summed E-state index contributed by atoms with van der Waals surface area (Å²) in [6.45, 7) is 8.87. The predicted octanol–water partition coefficient (Wildman–Crippen LogP) is 2.25. The molecule has 2 saturated heterocycles. The number of aliphatic imine (C=N–C) groups is 1. The lowest BCUT2D eigenvalue weighted by atomic mass is 10.1. The molecule has 29 heavy (non-hydrogen) atoms. The van der Waals surface area contributed by atoms with E-state index in [9.17, 15) is 8.42 Å². The molecule has 2 heterocycles. The number of halogens is 1. The molecule has 1 atom stereocenters. The standard InChI is InChI=1S/C21H34N4O2S.HI/c1-21(2)17-25(13-14-28(21,26)27)20(22-3)23-15-19-10-12-24(16-19)11-9-18-7-5-4-6-8-18;/h4-8,19H,9-17H2,1-3H3,(H,22,23);1H. The molecule has 0 spiro atoms. The molecule has 2 fully saturated rings. The summed E-state index contributed by atoms with van der Waals surface area (Å²) in [5.74, 6) is 1.62. The van der Waals surface area contributed by atoms with Gasteiger partial charge < -0.3 is 15.1 Å². The fraction of sp³-hybridized carbons (Fsp3) is 0.667. The highest BCUT2D eigenvalue weighted by atomic mass is 127. The van der Waals surface area contributed by atoms with E-state index in [4.69, 9.17) is 0 Å². The zero-order valence-electron chi connectivity index (χ0n) is 17.8. The van der Waals surface area contributed by atoms with E-state index in [1.54, 1.807) is 7.05 Å². The van der Waals surface area contributed by atoms with Gasteiger partial charge in [0.15, 0.2) is 15.8 Å². The maximum absolute atomic E-state index is 12.2. The monoisotopic (exact) mass is 534 g/mol. The van der Waals surface area contributed by atoms with Crippen LogP contribution >= 0.6 is 24.0 Å². The fourth-order valence-electron chi connectivity index (χ4n) is 4.11. The van der Waals surface area contributed by atoms with Gasteiger partial charge in [0.1, 0.15) is 0 Å². The number of nitrogens with one attached hydrogen (secondary N) is 1. The Balaban J connectivity index is 0.00000300. The van der Waals surface area contributed by atoms with Crippen molar-refractivity contribution in [1.82, 2.24) is 15.1 Å². The van der Waals surface area contributed by atoms with Gasteiger partial charge in [-0.1, -0.05) is 30.3 Å². The highest BCUT2D eigenvalue weighted by Crippen LogP contribution is 2.24. The van der Waals surface area contributed by atoms with Gasteiger partial charge in [-0.25, -0.2) is 8.42 Å². The molecule has 2 aliphatic heterocycles. The van der Waals surface area contributed by atoms with Crippen LogP contribution in [0.5, 0.6) is 0 Å². The van der Waals surface area contributed by atoms with Crippen molar-refractivity contribution in [2.24, 2.45) is 10.9 Å². The molecule has 0 amide bonds. The van der Waals surface area contributed by atoms with Crippen molar-refractivity contribution in [3.63, 3.8) is 0 Å². The topological polar surface area (TPSA) is 65.0 Å². The summed E-state index contributed by atoms with van der Waals surface area (Å²) in [7, 11) is -1.26. The molecule has 1 aromatic rings. The molecule has 1 N–H and O–H groups in total. The second kappa shape index (κ2) is 10.4. The summed E-state index contributed by atoms with van der Waals surface area (Å²) in [6.07, 6.45) is 2.29. The first-order valence-corrected chi connectivity index (χ1v) is 11.9. The average molecular weight is 535 g/mol. The quantitative estimate of drug-likeness (QED) is 0.357.